The molecule has 0 saturated carbocycles. The van der Waals surface area contributed by atoms with Gasteiger partial charge in [0.05, 0.1) is 0 Å². The van der Waals surface area contributed by atoms with Gasteiger partial charge in [-0.15, -0.1) is 0 Å². The molecule has 3 heteroatoms. The van der Waals surface area contributed by atoms with Crippen LogP contribution in [0, 0.1) is 11.6 Å². The zero-order valence-corrected chi connectivity index (χ0v) is 10.2. The van der Waals surface area contributed by atoms with Crippen LogP contribution in [0.3, 0.4) is 0 Å². The third-order valence-electron chi connectivity index (χ3n) is 3.26. The summed E-state index contributed by atoms with van der Waals surface area (Å²) >= 11 is 0. The molecule has 0 radical (unpaired) electrons. The average Bonchev–Trinajstić information content (AvgIpc) is 2.31. The Labute approximate surface area is 106 Å². The van der Waals surface area contributed by atoms with E-state index in [1.54, 1.807) is 0 Å². The minimum absolute atomic E-state index is 0.171. The molecule has 0 aromatic heterocycles. The van der Waals surface area contributed by atoms with Gasteiger partial charge >= 0.3 is 0 Å². The molecule has 1 aliphatic carbocycles. The molecule has 0 spiro atoms. The number of benzene rings is 1. The Bertz CT molecular complexity index is 477. The van der Waals surface area contributed by atoms with E-state index in [9.17, 15) is 13.6 Å². The van der Waals surface area contributed by atoms with Crippen LogP contribution in [0.2, 0.25) is 0 Å². The fourth-order valence-corrected chi connectivity index (χ4v) is 2.22. The number of carbonyl (C=O) groups excluding carboxylic acids is 1. The molecule has 1 aromatic rings. The fraction of sp³-hybridized carbons (Fsp3) is 0.400. The Hall–Kier alpha value is -1.51. The molecular weight excluding hydrogens is 234 g/mol. The topological polar surface area (TPSA) is 17.1 Å². The second-order valence-electron chi connectivity index (χ2n) is 4.64. The fourth-order valence-electron chi connectivity index (χ4n) is 2.22. The van der Waals surface area contributed by atoms with Gasteiger partial charge in [0.25, 0.3) is 0 Å². The minimum Gasteiger partial charge on any atom is -0.289 e. The van der Waals surface area contributed by atoms with Gasteiger partial charge in [-0.2, -0.15) is 0 Å². The van der Waals surface area contributed by atoms with Crippen LogP contribution in [0.5, 0.6) is 0 Å². The Morgan fingerprint density at radius 3 is 2.56 bits per heavy atom. The molecule has 96 valence electrons. The third-order valence-corrected chi connectivity index (χ3v) is 3.26. The summed E-state index contributed by atoms with van der Waals surface area (Å²) in [5.74, 6) is -2.05. The van der Waals surface area contributed by atoms with Gasteiger partial charge in [0.1, 0.15) is 0 Å². The summed E-state index contributed by atoms with van der Waals surface area (Å²) in [6.07, 6.45) is 7.98. The van der Waals surface area contributed by atoms with E-state index in [1.807, 2.05) is 6.08 Å². The molecule has 1 nitrogen and oxygen atoms in total. The van der Waals surface area contributed by atoms with Crippen molar-refractivity contribution in [2.24, 2.45) is 0 Å². The van der Waals surface area contributed by atoms with Crippen molar-refractivity contribution in [1.29, 1.82) is 0 Å². The third kappa shape index (κ3) is 3.03. The van der Waals surface area contributed by atoms with Crippen LogP contribution in [0.1, 0.15) is 48.9 Å². The molecule has 1 aromatic carbocycles. The van der Waals surface area contributed by atoms with E-state index in [0.717, 1.165) is 49.8 Å². The Morgan fingerprint density at radius 2 is 1.78 bits per heavy atom. The van der Waals surface area contributed by atoms with Crippen LogP contribution in [0.4, 0.5) is 8.78 Å². The second-order valence-corrected chi connectivity index (χ2v) is 4.64. The van der Waals surface area contributed by atoms with Gasteiger partial charge < -0.3 is 0 Å². The number of rotatable bonds is 2. The molecule has 0 N–H and O–H groups in total. The summed E-state index contributed by atoms with van der Waals surface area (Å²) in [5, 5.41) is 0. The first-order valence-corrected chi connectivity index (χ1v) is 6.37. The van der Waals surface area contributed by atoms with E-state index in [1.165, 1.54) is 12.5 Å². The maximum atomic E-state index is 13.1. The summed E-state index contributed by atoms with van der Waals surface area (Å²) in [7, 11) is 0. The summed E-state index contributed by atoms with van der Waals surface area (Å²) < 4.78 is 25.9. The molecule has 0 bridgehead atoms. The highest BCUT2D eigenvalue weighted by atomic mass is 19.2. The Balaban J connectivity index is 2.21. The van der Waals surface area contributed by atoms with Crippen LogP contribution in [-0.2, 0) is 0 Å². The quantitative estimate of drug-likeness (QED) is 0.710. The molecule has 18 heavy (non-hydrogen) atoms. The number of allylic oxidation sites excluding steroid dienone is 2. The number of hydrogen-bond acceptors (Lipinski definition) is 1. The molecule has 1 aliphatic rings. The van der Waals surface area contributed by atoms with E-state index in [0.29, 0.717) is 0 Å². The van der Waals surface area contributed by atoms with Crippen molar-refractivity contribution in [3.63, 3.8) is 0 Å². The minimum atomic E-state index is -0.965. The SMILES string of the molecule is O=C(/C1=C/CCCCCC1)c1ccc(F)c(F)c1. The lowest BCUT2D eigenvalue weighted by atomic mass is 9.94. The van der Waals surface area contributed by atoms with Gasteiger partial charge in [-0.1, -0.05) is 18.9 Å². The maximum absolute atomic E-state index is 13.1. The Kier molecular flexibility index (Phi) is 4.24. The van der Waals surface area contributed by atoms with Crippen LogP contribution in [0.25, 0.3) is 0 Å². The Morgan fingerprint density at radius 1 is 1.00 bits per heavy atom. The number of halogens is 2. The molecule has 0 atom stereocenters. The lowest BCUT2D eigenvalue weighted by molar-refractivity contribution is 0.102. The van der Waals surface area contributed by atoms with Crippen LogP contribution in [-0.4, -0.2) is 5.78 Å². The zero-order chi connectivity index (χ0) is 13.0. The molecule has 0 aliphatic heterocycles. The van der Waals surface area contributed by atoms with Crippen molar-refractivity contribution < 1.29 is 13.6 Å². The predicted octanol–water partition coefficient (Wildman–Crippen LogP) is 4.43. The van der Waals surface area contributed by atoms with Gasteiger partial charge in [-0.05, 0) is 49.5 Å². The molecule has 0 heterocycles. The summed E-state index contributed by atoms with van der Waals surface area (Å²) in [6.45, 7) is 0. The van der Waals surface area contributed by atoms with E-state index in [2.05, 4.69) is 0 Å². The van der Waals surface area contributed by atoms with Crippen LogP contribution in [0.15, 0.2) is 29.8 Å². The van der Waals surface area contributed by atoms with E-state index in [4.69, 9.17) is 0 Å². The summed E-state index contributed by atoms with van der Waals surface area (Å²) in [4.78, 5) is 12.2. The van der Waals surface area contributed by atoms with Crippen LogP contribution >= 0.6 is 0 Å². The highest BCUT2D eigenvalue weighted by molar-refractivity contribution is 6.08. The van der Waals surface area contributed by atoms with Gasteiger partial charge in [0.2, 0.25) is 0 Å². The highest BCUT2D eigenvalue weighted by Crippen LogP contribution is 2.21. The standard InChI is InChI=1S/C15H16F2O/c16-13-9-8-12(10-14(13)17)15(18)11-6-4-2-1-3-5-7-11/h6,8-10H,1-5,7H2/b11-6+. The van der Waals surface area contributed by atoms with Gasteiger partial charge in [0, 0.05) is 5.56 Å². The zero-order valence-electron chi connectivity index (χ0n) is 10.2. The van der Waals surface area contributed by atoms with Crippen molar-refractivity contribution >= 4 is 5.78 Å². The first kappa shape index (κ1) is 12.9. The number of carbonyl (C=O) groups is 1. The van der Waals surface area contributed by atoms with Gasteiger partial charge in [-0.3, -0.25) is 4.79 Å². The lowest BCUT2D eigenvalue weighted by Gasteiger charge is -2.10. The van der Waals surface area contributed by atoms with Crippen molar-refractivity contribution in [3.05, 3.63) is 47.0 Å². The number of ketones is 1. The van der Waals surface area contributed by atoms with Crippen molar-refractivity contribution in [2.45, 2.75) is 38.5 Å². The van der Waals surface area contributed by atoms with Crippen molar-refractivity contribution in [3.8, 4) is 0 Å². The second kappa shape index (κ2) is 5.89. The summed E-state index contributed by atoms with van der Waals surface area (Å²) in [6, 6.07) is 3.34. The van der Waals surface area contributed by atoms with Crippen molar-refractivity contribution in [1.82, 2.24) is 0 Å². The first-order valence-electron chi connectivity index (χ1n) is 6.37. The predicted molar refractivity (Wildman–Crippen MR) is 66.5 cm³/mol. The first-order chi connectivity index (χ1) is 8.68. The smallest absolute Gasteiger partial charge is 0.188 e. The highest BCUT2D eigenvalue weighted by Gasteiger charge is 2.15. The molecule has 0 fully saturated rings. The molecule has 0 amide bonds. The maximum Gasteiger partial charge on any atom is 0.188 e. The monoisotopic (exact) mass is 250 g/mol. The molecular formula is C15H16F2O. The normalized spacial score (nSPS) is 19.6. The van der Waals surface area contributed by atoms with E-state index < -0.39 is 11.6 Å². The van der Waals surface area contributed by atoms with E-state index in [-0.39, 0.29) is 11.3 Å². The van der Waals surface area contributed by atoms with Gasteiger partial charge in [-0.25, -0.2) is 8.78 Å². The lowest BCUT2D eigenvalue weighted by Crippen LogP contribution is -2.06. The molecule has 0 unspecified atom stereocenters. The molecule has 2 rings (SSSR count). The van der Waals surface area contributed by atoms with E-state index >= 15 is 0 Å². The largest absolute Gasteiger partial charge is 0.289 e. The molecule has 0 saturated heterocycles. The summed E-state index contributed by atoms with van der Waals surface area (Å²) in [5.41, 5.74) is 0.974. The van der Waals surface area contributed by atoms with Crippen LogP contribution < -0.4 is 0 Å². The number of Topliss-reactive ketones (excluding diaryl/α,β-unsaturated/α-hetero) is 1. The van der Waals surface area contributed by atoms with Crippen molar-refractivity contribution in [2.75, 3.05) is 0 Å². The number of hydrogen-bond donors (Lipinski definition) is 0. The average molecular weight is 250 g/mol. The van der Waals surface area contributed by atoms with Gasteiger partial charge in [0.15, 0.2) is 17.4 Å².